The van der Waals surface area contributed by atoms with Crippen LogP contribution < -0.4 is 5.32 Å². The highest BCUT2D eigenvalue weighted by molar-refractivity contribution is 5.50. The van der Waals surface area contributed by atoms with Crippen LogP contribution in [-0.4, -0.2) is 36.0 Å². The molecule has 1 fully saturated rings. The van der Waals surface area contributed by atoms with Gasteiger partial charge in [-0.15, -0.1) is 0 Å². The predicted octanol–water partition coefficient (Wildman–Crippen LogP) is 2.49. The number of piperidine rings is 1. The number of rotatable bonds is 3. The molecular formula is C13H18FN3O2. The van der Waals surface area contributed by atoms with Gasteiger partial charge in [-0.1, -0.05) is 6.92 Å². The Labute approximate surface area is 111 Å². The van der Waals surface area contributed by atoms with Gasteiger partial charge in [-0.2, -0.15) is 0 Å². The average molecular weight is 267 g/mol. The first kappa shape index (κ1) is 13.7. The number of nitro benzene ring substituents is 1. The number of anilines is 1. The van der Waals surface area contributed by atoms with Gasteiger partial charge in [-0.05, 0) is 32.0 Å². The van der Waals surface area contributed by atoms with Crippen molar-refractivity contribution in [1.29, 1.82) is 0 Å². The van der Waals surface area contributed by atoms with Crippen molar-refractivity contribution in [2.45, 2.75) is 19.4 Å². The van der Waals surface area contributed by atoms with Crippen LogP contribution >= 0.6 is 0 Å². The summed E-state index contributed by atoms with van der Waals surface area (Å²) in [6.07, 6.45) is 0.939. The number of nitrogens with one attached hydrogen (secondary N) is 1. The lowest BCUT2D eigenvalue weighted by atomic mass is 9.94. The molecular weight excluding hydrogens is 249 g/mol. The third-order valence-electron chi connectivity index (χ3n) is 3.61. The highest BCUT2D eigenvalue weighted by Gasteiger charge is 2.25. The first-order valence-corrected chi connectivity index (χ1v) is 6.36. The number of benzene rings is 1. The summed E-state index contributed by atoms with van der Waals surface area (Å²) < 4.78 is 13.8. The number of nitrogens with zero attached hydrogens (tertiary/aromatic N) is 2. The normalized spacial score (nSPS) is 24.2. The van der Waals surface area contributed by atoms with E-state index >= 15 is 0 Å². The summed E-state index contributed by atoms with van der Waals surface area (Å²) in [4.78, 5) is 12.2. The number of likely N-dealkylation sites (tertiary alicyclic amines) is 1. The Morgan fingerprint density at radius 2 is 2.26 bits per heavy atom. The van der Waals surface area contributed by atoms with Crippen LogP contribution in [-0.2, 0) is 0 Å². The zero-order valence-corrected chi connectivity index (χ0v) is 11.1. The van der Waals surface area contributed by atoms with Crippen molar-refractivity contribution in [3.8, 4) is 0 Å². The Balaban J connectivity index is 2.09. The van der Waals surface area contributed by atoms with E-state index in [4.69, 9.17) is 0 Å². The molecule has 19 heavy (non-hydrogen) atoms. The molecule has 1 saturated heterocycles. The van der Waals surface area contributed by atoms with E-state index < -0.39 is 10.7 Å². The van der Waals surface area contributed by atoms with Gasteiger partial charge < -0.3 is 10.2 Å². The fourth-order valence-corrected chi connectivity index (χ4v) is 2.50. The number of halogens is 1. The third kappa shape index (κ3) is 3.20. The maximum absolute atomic E-state index is 13.8. The van der Waals surface area contributed by atoms with Gasteiger partial charge in [-0.3, -0.25) is 10.1 Å². The molecule has 0 aromatic heterocycles. The Morgan fingerprint density at radius 1 is 1.53 bits per heavy atom. The van der Waals surface area contributed by atoms with Crippen LogP contribution in [0.1, 0.15) is 13.3 Å². The second-order valence-electron chi connectivity index (χ2n) is 5.20. The van der Waals surface area contributed by atoms with Crippen LogP contribution in [0.15, 0.2) is 18.2 Å². The van der Waals surface area contributed by atoms with Gasteiger partial charge in [0.05, 0.1) is 16.7 Å². The maximum atomic E-state index is 13.8. The van der Waals surface area contributed by atoms with E-state index in [1.54, 1.807) is 0 Å². The van der Waals surface area contributed by atoms with Crippen molar-refractivity contribution < 1.29 is 9.31 Å². The van der Waals surface area contributed by atoms with E-state index in [1.165, 1.54) is 12.1 Å². The monoisotopic (exact) mass is 267 g/mol. The largest absolute Gasteiger partial charge is 0.380 e. The van der Waals surface area contributed by atoms with Gasteiger partial charge in [0.2, 0.25) is 0 Å². The molecule has 1 N–H and O–H groups in total. The van der Waals surface area contributed by atoms with Crippen LogP contribution in [0, 0.1) is 21.8 Å². The Kier molecular flexibility index (Phi) is 3.99. The molecule has 1 aliphatic heterocycles. The van der Waals surface area contributed by atoms with Crippen molar-refractivity contribution in [2.24, 2.45) is 5.92 Å². The summed E-state index contributed by atoms with van der Waals surface area (Å²) in [5, 5.41) is 13.7. The first-order chi connectivity index (χ1) is 8.97. The fraction of sp³-hybridized carbons (Fsp3) is 0.538. The van der Waals surface area contributed by atoms with Gasteiger partial charge in [0, 0.05) is 18.7 Å². The van der Waals surface area contributed by atoms with E-state index in [-0.39, 0.29) is 11.7 Å². The van der Waals surface area contributed by atoms with Gasteiger partial charge in [0.1, 0.15) is 0 Å². The molecule has 1 aromatic rings. The molecule has 5 nitrogen and oxygen atoms in total. The number of nitro groups is 1. The van der Waals surface area contributed by atoms with E-state index in [1.807, 2.05) is 0 Å². The highest BCUT2D eigenvalue weighted by Crippen LogP contribution is 2.25. The summed E-state index contributed by atoms with van der Waals surface area (Å²) in [6, 6.07) is 3.93. The van der Waals surface area contributed by atoms with Crippen LogP contribution in [0.25, 0.3) is 0 Å². The minimum Gasteiger partial charge on any atom is -0.380 e. The molecule has 2 rings (SSSR count). The zero-order chi connectivity index (χ0) is 14.0. The van der Waals surface area contributed by atoms with Gasteiger partial charge >= 0.3 is 0 Å². The number of hydrogen-bond donors (Lipinski definition) is 1. The van der Waals surface area contributed by atoms with E-state index in [2.05, 4.69) is 24.2 Å². The molecule has 104 valence electrons. The standard InChI is InChI=1S/C13H18FN3O2/c1-9-8-16(2)6-5-12(9)15-13-4-3-10(17(18)19)7-11(13)14/h3-4,7,9,12,15H,5-6,8H2,1-2H3. The van der Waals surface area contributed by atoms with Crippen molar-refractivity contribution in [2.75, 3.05) is 25.5 Å². The maximum Gasteiger partial charge on any atom is 0.272 e. The lowest BCUT2D eigenvalue weighted by Crippen LogP contribution is -2.43. The molecule has 1 aliphatic rings. The van der Waals surface area contributed by atoms with Gasteiger partial charge in [-0.25, -0.2) is 4.39 Å². The molecule has 1 aromatic carbocycles. The Morgan fingerprint density at radius 3 is 2.84 bits per heavy atom. The first-order valence-electron chi connectivity index (χ1n) is 6.36. The van der Waals surface area contributed by atoms with E-state index in [9.17, 15) is 14.5 Å². The Hall–Kier alpha value is -1.69. The van der Waals surface area contributed by atoms with Crippen LogP contribution in [0.2, 0.25) is 0 Å². The Bertz CT molecular complexity index is 481. The summed E-state index contributed by atoms with van der Waals surface area (Å²) in [5.41, 5.74) is 0.117. The summed E-state index contributed by atoms with van der Waals surface area (Å²) in [6.45, 7) is 4.06. The molecule has 1 heterocycles. The quantitative estimate of drug-likeness (QED) is 0.675. The third-order valence-corrected chi connectivity index (χ3v) is 3.61. The van der Waals surface area contributed by atoms with Gasteiger partial charge in [0.25, 0.3) is 5.69 Å². The number of hydrogen-bond acceptors (Lipinski definition) is 4. The second kappa shape index (κ2) is 5.52. The summed E-state index contributed by atoms with van der Waals surface area (Å²) in [5.74, 6) is -0.159. The van der Waals surface area contributed by atoms with Crippen molar-refractivity contribution >= 4 is 11.4 Å². The molecule has 0 radical (unpaired) electrons. The molecule has 6 heteroatoms. The smallest absolute Gasteiger partial charge is 0.272 e. The van der Waals surface area contributed by atoms with Crippen LogP contribution in [0.5, 0.6) is 0 Å². The molecule has 0 saturated carbocycles. The van der Waals surface area contributed by atoms with E-state index in [0.29, 0.717) is 11.6 Å². The SMILES string of the molecule is CC1CN(C)CCC1Nc1ccc([N+](=O)[O-])cc1F. The molecule has 0 amide bonds. The minimum atomic E-state index is -0.592. The highest BCUT2D eigenvalue weighted by atomic mass is 19.1. The molecule has 0 aliphatic carbocycles. The molecule has 0 bridgehead atoms. The second-order valence-corrected chi connectivity index (χ2v) is 5.20. The topological polar surface area (TPSA) is 58.4 Å². The predicted molar refractivity (Wildman–Crippen MR) is 71.7 cm³/mol. The average Bonchev–Trinajstić information content (AvgIpc) is 2.34. The number of non-ortho nitro benzene ring substituents is 1. The molecule has 2 atom stereocenters. The van der Waals surface area contributed by atoms with Crippen molar-refractivity contribution in [1.82, 2.24) is 4.90 Å². The van der Waals surface area contributed by atoms with Crippen LogP contribution in [0.3, 0.4) is 0 Å². The summed E-state index contributed by atoms with van der Waals surface area (Å²) in [7, 11) is 2.07. The fourth-order valence-electron chi connectivity index (χ4n) is 2.50. The molecule has 2 unspecified atom stereocenters. The lowest BCUT2D eigenvalue weighted by Gasteiger charge is -2.35. The minimum absolute atomic E-state index is 0.201. The lowest BCUT2D eigenvalue weighted by molar-refractivity contribution is -0.385. The zero-order valence-electron chi connectivity index (χ0n) is 11.1. The van der Waals surface area contributed by atoms with E-state index in [0.717, 1.165) is 25.6 Å². The molecule has 0 spiro atoms. The summed E-state index contributed by atoms with van der Waals surface area (Å²) >= 11 is 0. The van der Waals surface area contributed by atoms with Crippen LogP contribution in [0.4, 0.5) is 15.8 Å². The van der Waals surface area contributed by atoms with Crippen molar-refractivity contribution in [3.63, 3.8) is 0 Å². The van der Waals surface area contributed by atoms with Crippen molar-refractivity contribution in [3.05, 3.63) is 34.1 Å². The van der Waals surface area contributed by atoms with Gasteiger partial charge in [0.15, 0.2) is 5.82 Å².